The number of nitrogens with one attached hydrogen (secondary N) is 1. The van der Waals surface area contributed by atoms with E-state index < -0.39 is 10.0 Å². The first-order chi connectivity index (χ1) is 7.17. The zero-order valence-electron chi connectivity index (χ0n) is 8.26. The Bertz CT molecular complexity index is 412. The molecule has 0 spiro atoms. The van der Waals surface area contributed by atoms with Gasteiger partial charge in [-0.1, -0.05) is 30.4 Å². The van der Waals surface area contributed by atoms with Gasteiger partial charge in [-0.3, -0.25) is 0 Å². The highest BCUT2D eigenvalue weighted by Crippen LogP contribution is 2.06. The molecule has 1 aromatic carbocycles. The summed E-state index contributed by atoms with van der Waals surface area (Å²) in [6, 6.07) is 8.24. The van der Waals surface area contributed by atoms with Gasteiger partial charge in [0.15, 0.2) is 0 Å². The van der Waals surface area contributed by atoms with Gasteiger partial charge in [0.2, 0.25) is 10.0 Å². The Balaban J connectivity index is 2.65. The molecule has 0 aliphatic carbocycles. The normalized spacial score (nSPS) is 12.1. The summed E-state index contributed by atoms with van der Waals surface area (Å²) in [6.45, 7) is 0.668. The van der Waals surface area contributed by atoms with E-state index in [9.17, 15) is 8.42 Å². The minimum atomic E-state index is -3.38. The fourth-order valence-electron chi connectivity index (χ4n) is 1.02. The third-order valence-corrected chi connectivity index (χ3v) is 3.19. The van der Waals surface area contributed by atoms with Crippen LogP contribution in [-0.2, 0) is 10.0 Å². The topological polar surface area (TPSA) is 72.2 Å². The lowest BCUT2D eigenvalue weighted by atomic mass is 10.4. The number of benzene rings is 1. The first-order valence-corrected chi connectivity index (χ1v) is 6.05. The van der Waals surface area contributed by atoms with Crippen molar-refractivity contribution in [2.45, 2.75) is 4.90 Å². The molecular formula is C10H14N2O2S. The fraction of sp³-hybridized carbons (Fsp3) is 0.200. The van der Waals surface area contributed by atoms with Crippen molar-refractivity contribution in [3.63, 3.8) is 0 Å². The summed E-state index contributed by atoms with van der Waals surface area (Å²) in [6.07, 6.45) is 3.38. The number of hydrogen-bond donors (Lipinski definition) is 2. The van der Waals surface area contributed by atoms with Crippen molar-refractivity contribution in [1.29, 1.82) is 0 Å². The predicted octanol–water partition coefficient (Wildman–Crippen LogP) is 0.480. The van der Waals surface area contributed by atoms with Crippen LogP contribution in [0.1, 0.15) is 0 Å². The molecule has 0 aliphatic rings. The van der Waals surface area contributed by atoms with Crippen LogP contribution in [0.15, 0.2) is 47.4 Å². The van der Waals surface area contributed by atoms with Gasteiger partial charge in [0, 0.05) is 13.1 Å². The lowest BCUT2D eigenvalue weighted by Crippen LogP contribution is -2.23. The molecule has 82 valence electrons. The van der Waals surface area contributed by atoms with Gasteiger partial charge < -0.3 is 5.73 Å². The van der Waals surface area contributed by atoms with E-state index in [4.69, 9.17) is 5.73 Å². The number of nitrogens with two attached hydrogens (primary N) is 1. The average molecular weight is 226 g/mol. The van der Waals surface area contributed by atoms with Gasteiger partial charge in [-0.05, 0) is 12.1 Å². The third kappa shape index (κ3) is 3.83. The minimum absolute atomic E-state index is 0.258. The van der Waals surface area contributed by atoms with Crippen molar-refractivity contribution in [1.82, 2.24) is 4.72 Å². The number of hydrogen-bond acceptors (Lipinski definition) is 3. The molecule has 0 bridgehead atoms. The summed E-state index contributed by atoms with van der Waals surface area (Å²) in [4.78, 5) is 0.270. The highest BCUT2D eigenvalue weighted by molar-refractivity contribution is 7.89. The molecule has 0 radical (unpaired) electrons. The van der Waals surface area contributed by atoms with Crippen LogP contribution < -0.4 is 10.5 Å². The Hall–Kier alpha value is -1.17. The molecule has 5 heteroatoms. The molecule has 4 nitrogen and oxygen atoms in total. The summed E-state index contributed by atoms with van der Waals surface area (Å²) in [5.74, 6) is 0. The minimum Gasteiger partial charge on any atom is -0.327 e. The van der Waals surface area contributed by atoms with Crippen LogP contribution in [-0.4, -0.2) is 21.5 Å². The van der Waals surface area contributed by atoms with E-state index in [0.29, 0.717) is 6.54 Å². The van der Waals surface area contributed by atoms with E-state index in [0.717, 1.165) is 0 Å². The maximum Gasteiger partial charge on any atom is 0.240 e. The van der Waals surface area contributed by atoms with Gasteiger partial charge in [0.25, 0.3) is 0 Å². The monoisotopic (exact) mass is 226 g/mol. The van der Waals surface area contributed by atoms with Gasteiger partial charge in [-0.25, -0.2) is 13.1 Å². The van der Waals surface area contributed by atoms with Crippen LogP contribution in [0, 0.1) is 0 Å². The molecule has 3 N–H and O–H groups in total. The summed E-state index contributed by atoms with van der Waals surface area (Å²) in [7, 11) is -3.38. The summed E-state index contributed by atoms with van der Waals surface area (Å²) >= 11 is 0. The van der Waals surface area contributed by atoms with Gasteiger partial charge in [0.05, 0.1) is 4.90 Å². The van der Waals surface area contributed by atoms with Crippen molar-refractivity contribution in [3.05, 3.63) is 42.5 Å². The van der Waals surface area contributed by atoms with Crippen LogP contribution >= 0.6 is 0 Å². The number of sulfonamides is 1. The number of rotatable bonds is 5. The largest absolute Gasteiger partial charge is 0.327 e. The second-order valence-electron chi connectivity index (χ2n) is 2.87. The lowest BCUT2D eigenvalue weighted by Gasteiger charge is -2.03. The maximum atomic E-state index is 11.6. The van der Waals surface area contributed by atoms with E-state index >= 15 is 0 Å². The quantitative estimate of drug-likeness (QED) is 0.717. The third-order valence-electron chi connectivity index (χ3n) is 1.75. The van der Waals surface area contributed by atoms with Crippen molar-refractivity contribution < 1.29 is 8.42 Å². The Morgan fingerprint density at radius 2 is 1.87 bits per heavy atom. The van der Waals surface area contributed by atoms with Crippen molar-refractivity contribution >= 4 is 10.0 Å². The molecule has 1 rings (SSSR count). The lowest BCUT2D eigenvalue weighted by molar-refractivity contribution is 0.585. The Labute approximate surface area is 89.9 Å². The zero-order chi connectivity index (χ0) is 11.1. The summed E-state index contributed by atoms with van der Waals surface area (Å²) in [5, 5.41) is 0. The summed E-state index contributed by atoms with van der Waals surface area (Å²) in [5.41, 5.74) is 5.23. The zero-order valence-corrected chi connectivity index (χ0v) is 9.07. The van der Waals surface area contributed by atoms with Gasteiger partial charge in [-0.15, -0.1) is 0 Å². The standard InChI is InChI=1S/C10H14N2O2S/c11-8-4-5-9-12-15(13,14)10-6-2-1-3-7-10/h1-7,12H,8-9,11H2/b5-4+. The smallest absolute Gasteiger partial charge is 0.240 e. The molecule has 0 saturated carbocycles. The molecular weight excluding hydrogens is 212 g/mol. The molecule has 0 amide bonds. The molecule has 0 saturated heterocycles. The average Bonchev–Trinajstić information content (AvgIpc) is 2.26. The molecule has 1 aromatic rings. The first-order valence-electron chi connectivity index (χ1n) is 4.56. The summed E-state index contributed by atoms with van der Waals surface area (Å²) < 4.78 is 25.7. The second-order valence-corrected chi connectivity index (χ2v) is 4.64. The SMILES string of the molecule is NC/C=C/CNS(=O)(=O)c1ccccc1. The van der Waals surface area contributed by atoms with Crippen molar-refractivity contribution in [3.8, 4) is 0 Å². The Morgan fingerprint density at radius 3 is 2.47 bits per heavy atom. The highest BCUT2D eigenvalue weighted by Gasteiger charge is 2.10. The Morgan fingerprint density at radius 1 is 1.20 bits per heavy atom. The molecule has 0 aliphatic heterocycles. The van der Waals surface area contributed by atoms with Gasteiger partial charge in [0.1, 0.15) is 0 Å². The van der Waals surface area contributed by atoms with Crippen LogP contribution in [0.25, 0.3) is 0 Å². The molecule has 0 heterocycles. The van der Waals surface area contributed by atoms with E-state index in [1.54, 1.807) is 42.5 Å². The van der Waals surface area contributed by atoms with Crippen molar-refractivity contribution in [2.75, 3.05) is 13.1 Å². The van der Waals surface area contributed by atoms with E-state index in [-0.39, 0.29) is 11.4 Å². The maximum absolute atomic E-state index is 11.6. The van der Waals surface area contributed by atoms with Gasteiger partial charge in [-0.2, -0.15) is 0 Å². The molecule has 0 aromatic heterocycles. The highest BCUT2D eigenvalue weighted by atomic mass is 32.2. The van der Waals surface area contributed by atoms with E-state index in [1.807, 2.05) is 0 Å². The Kier molecular flexibility index (Phi) is 4.48. The van der Waals surface area contributed by atoms with Crippen molar-refractivity contribution in [2.24, 2.45) is 5.73 Å². The first kappa shape index (κ1) is 11.9. The predicted molar refractivity (Wildman–Crippen MR) is 59.8 cm³/mol. The van der Waals surface area contributed by atoms with E-state index in [2.05, 4.69) is 4.72 Å². The molecule has 0 unspecified atom stereocenters. The van der Waals surface area contributed by atoms with Crippen LogP contribution in [0.2, 0.25) is 0 Å². The van der Waals surface area contributed by atoms with E-state index in [1.165, 1.54) is 0 Å². The molecule has 15 heavy (non-hydrogen) atoms. The van der Waals surface area contributed by atoms with Crippen LogP contribution in [0.4, 0.5) is 0 Å². The second kappa shape index (κ2) is 5.65. The fourth-order valence-corrected chi connectivity index (χ4v) is 2.02. The molecule has 0 fully saturated rings. The van der Waals surface area contributed by atoms with Crippen LogP contribution in [0.5, 0.6) is 0 Å². The molecule has 0 atom stereocenters. The van der Waals surface area contributed by atoms with Crippen LogP contribution in [0.3, 0.4) is 0 Å². The van der Waals surface area contributed by atoms with Gasteiger partial charge >= 0.3 is 0 Å².